The van der Waals surface area contributed by atoms with E-state index in [-0.39, 0.29) is 30.0 Å². The van der Waals surface area contributed by atoms with Crippen molar-refractivity contribution in [2.75, 3.05) is 6.54 Å². The first-order chi connectivity index (χ1) is 16.7. The van der Waals surface area contributed by atoms with E-state index in [1.165, 1.54) is 18.2 Å². The molecule has 0 radical (unpaired) electrons. The molecule has 0 atom stereocenters. The van der Waals surface area contributed by atoms with Gasteiger partial charge in [0.1, 0.15) is 11.3 Å². The van der Waals surface area contributed by atoms with Crippen LogP contribution in [0.1, 0.15) is 24.0 Å². The standard InChI is InChI=1S/C27H25NO6S/c1-18-10-12-21(13-11-18)35(31,32)28-16-6-9-25(29)33-24-15-14-22-23(20-7-4-3-5-8-20)17-26(30)34-27(22)19(24)2/h3-5,7-8,10-15,17,28H,6,9,16H2,1-2H3. The van der Waals surface area contributed by atoms with Crippen LogP contribution < -0.4 is 15.1 Å². The third-order valence-corrected chi connectivity index (χ3v) is 7.08. The summed E-state index contributed by atoms with van der Waals surface area (Å²) in [6, 6.07) is 20.9. The van der Waals surface area contributed by atoms with E-state index in [9.17, 15) is 18.0 Å². The Labute approximate surface area is 203 Å². The zero-order chi connectivity index (χ0) is 25.0. The fourth-order valence-electron chi connectivity index (χ4n) is 3.72. The normalized spacial score (nSPS) is 11.5. The molecule has 0 saturated heterocycles. The van der Waals surface area contributed by atoms with Gasteiger partial charge in [0.25, 0.3) is 0 Å². The number of sulfonamides is 1. The number of hydrogen-bond donors (Lipinski definition) is 1. The van der Waals surface area contributed by atoms with Crippen LogP contribution in [0.3, 0.4) is 0 Å². The first kappa shape index (κ1) is 24.4. The van der Waals surface area contributed by atoms with Crippen molar-refractivity contribution in [1.29, 1.82) is 0 Å². The molecule has 3 aromatic carbocycles. The molecule has 1 N–H and O–H groups in total. The quantitative estimate of drug-likeness (QED) is 0.165. The summed E-state index contributed by atoms with van der Waals surface area (Å²) >= 11 is 0. The number of carbonyl (C=O) groups excluding carboxylic acids is 1. The van der Waals surface area contributed by atoms with Crippen molar-refractivity contribution in [2.45, 2.75) is 31.6 Å². The van der Waals surface area contributed by atoms with Crippen molar-refractivity contribution < 1.29 is 22.4 Å². The highest BCUT2D eigenvalue weighted by Gasteiger charge is 2.16. The van der Waals surface area contributed by atoms with Crippen molar-refractivity contribution >= 4 is 27.0 Å². The molecule has 0 fully saturated rings. The monoisotopic (exact) mass is 491 g/mol. The molecule has 4 rings (SSSR count). The Morgan fingerprint density at radius 2 is 1.69 bits per heavy atom. The molecule has 1 aromatic heterocycles. The van der Waals surface area contributed by atoms with Gasteiger partial charge < -0.3 is 9.15 Å². The van der Waals surface area contributed by atoms with E-state index in [0.717, 1.165) is 22.1 Å². The molecule has 0 unspecified atom stereocenters. The van der Waals surface area contributed by atoms with Crippen LogP contribution in [-0.4, -0.2) is 20.9 Å². The fourth-order valence-corrected chi connectivity index (χ4v) is 4.80. The van der Waals surface area contributed by atoms with Gasteiger partial charge in [-0.1, -0.05) is 48.0 Å². The molecular weight excluding hydrogens is 466 g/mol. The molecule has 0 saturated carbocycles. The second-order valence-corrected chi connectivity index (χ2v) is 9.97. The van der Waals surface area contributed by atoms with Crippen LogP contribution in [0.25, 0.3) is 22.1 Å². The fraction of sp³-hybridized carbons (Fsp3) is 0.185. The summed E-state index contributed by atoms with van der Waals surface area (Å²) in [6.45, 7) is 3.69. The molecule has 4 aromatic rings. The summed E-state index contributed by atoms with van der Waals surface area (Å²) < 4.78 is 38.1. The summed E-state index contributed by atoms with van der Waals surface area (Å²) in [6.07, 6.45) is 0.283. The maximum absolute atomic E-state index is 12.4. The lowest BCUT2D eigenvalue weighted by atomic mass is 10.0. The summed E-state index contributed by atoms with van der Waals surface area (Å²) in [5.41, 5.74) is 2.97. The van der Waals surface area contributed by atoms with Gasteiger partial charge in [-0.15, -0.1) is 0 Å². The number of rotatable bonds is 8. The van der Waals surface area contributed by atoms with Gasteiger partial charge in [-0.2, -0.15) is 0 Å². The zero-order valence-electron chi connectivity index (χ0n) is 19.4. The Balaban J connectivity index is 1.42. The van der Waals surface area contributed by atoms with Gasteiger partial charge in [-0.05, 0) is 55.7 Å². The van der Waals surface area contributed by atoms with Crippen LogP contribution in [-0.2, 0) is 14.8 Å². The lowest BCUT2D eigenvalue weighted by molar-refractivity contribution is -0.134. The van der Waals surface area contributed by atoms with Gasteiger partial charge in [0.05, 0.1) is 4.90 Å². The molecule has 0 aliphatic carbocycles. The Bertz CT molecular complexity index is 1520. The smallest absolute Gasteiger partial charge is 0.336 e. The number of ether oxygens (including phenoxy) is 1. The van der Waals surface area contributed by atoms with E-state index < -0.39 is 21.6 Å². The van der Waals surface area contributed by atoms with Crippen molar-refractivity contribution in [3.8, 4) is 16.9 Å². The molecule has 0 bridgehead atoms. The molecule has 0 spiro atoms. The minimum atomic E-state index is -3.64. The van der Waals surface area contributed by atoms with E-state index in [0.29, 0.717) is 11.1 Å². The predicted octanol–water partition coefficient (Wildman–Crippen LogP) is 4.74. The third kappa shape index (κ3) is 5.67. The molecule has 1 heterocycles. The maximum Gasteiger partial charge on any atom is 0.336 e. The topological polar surface area (TPSA) is 103 Å². The van der Waals surface area contributed by atoms with Gasteiger partial charge in [0.15, 0.2) is 0 Å². The average molecular weight is 492 g/mol. The molecule has 35 heavy (non-hydrogen) atoms. The second kappa shape index (κ2) is 10.2. The van der Waals surface area contributed by atoms with Crippen LogP contribution >= 0.6 is 0 Å². The third-order valence-electron chi connectivity index (χ3n) is 5.60. The van der Waals surface area contributed by atoms with Crippen LogP contribution in [0.5, 0.6) is 5.75 Å². The highest BCUT2D eigenvalue weighted by molar-refractivity contribution is 7.89. The molecular formula is C27H25NO6S. The van der Waals surface area contributed by atoms with E-state index >= 15 is 0 Å². The number of aryl methyl sites for hydroxylation is 2. The number of carbonyl (C=O) groups is 1. The van der Waals surface area contributed by atoms with Crippen molar-refractivity contribution in [2.24, 2.45) is 0 Å². The largest absolute Gasteiger partial charge is 0.426 e. The number of hydrogen-bond acceptors (Lipinski definition) is 6. The number of nitrogens with one attached hydrogen (secondary N) is 1. The Morgan fingerprint density at radius 3 is 2.40 bits per heavy atom. The van der Waals surface area contributed by atoms with Crippen molar-refractivity contribution in [1.82, 2.24) is 4.72 Å². The summed E-state index contributed by atoms with van der Waals surface area (Å²) in [4.78, 5) is 24.8. The van der Waals surface area contributed by atoms with Crippen LogP contribution in [0.4, 0.5) is 0 Å². The van der Waals surface area contributed by atoms with Gasteiger partial charge in [0, 0.05) is 30.0 Å². The molecule has 0 aliphatic heterocycles. The first-order valence-electron chi connectivity index (χ1n) is 11.1. The molecule has 180 valence electrons. The second-order valence-electron chi connectivity index (χ2n) is 8.20. The maximum atomic E-state index is 12.4. The summed E-state index contributed by atoms with van der Waals surface area (Å²) in [5.74, 6) is -0.223. The van der Waals surface area contributed by atoms with Gasteiger partial charge in [-0.25, -0.2) is 17.9 Å². The predicted molar refractivity (Wildman–Crippen MR) is 134 cm³/mol. The summed E-state index contributed by atoms with van der Waals surface area (Å²) in [7, 11) is -3.64. The number of benzene rings is 3. The van der Waals surface area contributed by atoms with Crippen molar-refractivity contribution in [3.63, 3.8) is 0 Å². The first-order valence-corrected chi connectivity index (χ1v) is 12.6. The van der Waals surface area contributed by atoms with E-state index in [1.807, 2.05) is 37.3 Å². The lowest BCUT2D eigenvalue weighted by Gasteiger charge is -2.12. The Hall–Kier alpha value is -3.75. The van der Waals surface area contributed by atoms with Crippen molar-refractivity contribution in [3.05, 3.63) is 94.3 Å². The lowest BCUT2D eigenvalue weighted by Crippen LogP contribution is -2.25. The van der Waals surface area contributed by atoms with E-state index in [2.05, 4.69) is 4.72 Å². The van der Waals surface area contributed by atoms with E-state index in [1.54, 1.807) is 31.2 Å². The molecule has 8 heteroatoms. The van der Waals surface area contributed by atoms with Gasteiger partial charge in [-0.3, -0.25) is 4.79 Å². The zero-order valence-corrected chi connectivity index (χ0v) is 20.2. The molecule has 7 nitrogen and oxygen atoms in total. The highest BCUT2D eigenvalue weighted by atomic mass is 32.2. The van der Waals surface area contributed by atoms with Gasteiger partial charge >= 0.3 is 11.6 Å². The minimum absolute atomic E-state index is 0.0158. The Kier molecular flexibility index (Phi) is 7.14. The van der Waals surface area contributed by atoms with Crippen LogP contribution in [0, 0.1) is 13.8 Å². The molecule has 0 aliphatic rings. The number of esters is 1. The number of fused-ring (bicyclic) bond motifs is 1. The Morgan fingerprint density at radius 1 is 0.971 bits per heavy atom. The molecule has 0 amide bonds. The van der Waals surface area contributed by atoms with Gasteiger partial charge in [0.2, 0.25) is 10.0 Å². The highest BCUT2D eigenvalue weighted by Crippen LogP contribution is 2.33. The average Bonchev–Trinajstić information content (AvgIpc) is 2.84. The summed E-state index contributed by atoms with van der Waals surface area (Å²) in [5, 5.41) is 0.735. The van der Waals surface area contributed by atoms with Crippen LogP contribution in [0.15, 0.2) is 86.9 Å². The van der Waals surface area contributed by atoms with E-state index in [4.69, 9.17) is 9.15 Å². The SMILES string of the molecule is Cc1ccc(S(=O)(=O)NCCCC(=O)Oc2ccc3c(-c4ccccc4)cc(=O)oc3c2C)cc1. The van der Waals surface area contributed by atoms with Crippen LogP contribution in [0.2, 0.25) is 0 Å². The minimum Gasteiger partial charge on any atom is -0.426 e.